The highest BCUT2D eigenvalue weighted by atomic mass is 35.5. The summed E-state index contributed by atoms with van der Waals surface area (Å²) >= 11 is 6.00. The Morgan fingerprint density at radius 1 is 1.48 bits per heavy atom. The van der Waals surface area contributed by atoms with E-state index in [-0.39, 0.29) is 10.6 Å². The number of benzene rings is 1. The minimum absolute atomic E-state index is 0.00246. The van der Waals surface area contributed by atoms with Crippen molar-refractivity contribution in [3.8, 4) is 11.8 Å². The highest BCUT2D eigenvalue weighted by Crippen LogP contribution is 2.30. The zero-order valence-electron chi connectivity index (χ0n) is 10.9. The van der Waals surface area contributed by atoms with Crippen molar-refractivity contribution in [3.05, 3.63) is 46.6 Å². The Hall–Kier alpha value is -2.78. The fourth-order valence-corrected chi connectivity index (χ4v) is 1.85. The molecule has 0 aliphatic rings. The Kier molecular flexibility index (Phi) is 4.26. The number of hydrogen-bond donors (Lipinski definition) is 2. The number of carboxylic acids is 1. The summed E-state index contributed by atoms with van der Waals surface area (Å²) in [6, 6.07) is 8.15. The van der Waals surface area contributed by atoms with Gasteiger partial charge in [-0.05, 0) is 18.2 Å². The van der Waals surface area contributed by atoms with Gasteiger partial charge >= 0.3 is 5.97 Å². The molecule has 1 aromatic carbocycles. The molecule has 0 amide bonds. The minimum Gasteiger partial charge on any atom is -0.495 e. The number of aromatic nitrogens is 1. The molecule has 0 radical (unpaired) electrons. The number of rotatable bonds is 4. The van der Waals surface area contributed by atoms with E-state index in [0.717, 1.165) is 0 Å². The molecule has 2 N–H and O–H groups in total. The second-order valence-electron chi connectivity index (χ2n) is 4.01. The van der Waals surface area contributed by atoms with Gasteiger partial charge in [-0.1, -0.05) is 11.6 Å². The second kappa shape index (κ2) is 6.11. The Balaban J connectivity index is 2.34. The van der Waals surface area contributed by atoms with Crippen molar-refractivity contribution in [3.63, 3.8) is 0 Å². The fourth-order valence-electron chi connectivity index (χ4n) is 1.64. The number of aromatic carboxylic acids is 1. The molecule has 0 spiro atoms. The largest absolute Gasteiger partial charge is 0.495 e. The molecule has 0 aliphatic carbocycles. The van der Waals surface area contributed by atoms with Gasteiger partial charge in [-0.25, -0.2) is 9.78 Å². The average Bonchev–Trinajstić information content (AvgIpc) is 2.49. The summed E-state index contributed by atoms with van der Waals surface area (Å²) in [5, 5.41) is 20.8. The Bertz CT molecular complexity index is 741. The number of pyridine rings is 1. The maximum absolute atomic E-state index is 10.8. The molecular formula is C14H10ClN3O3. The average molecular weight is 304 g/mol. The van der Waals surface area contributed by atoms with E-state index in [0.29, 0.717) is 22.8 Å². The van der Waals surface area contributed by atoms with Gasteiger partial charge < -0.3 is 15.2 Å². The van der Waals surface area contributed by atoms with E-state index in [1.54, 1.807) is 18.2 Å². The minimum atomic E-state index is -1.10. The molecule has 0 fully saturated rings. The van der Waals surface area contributed by atoms with Crippen LogP contribution in [0.2, 0.25) is 5.02 Å². The number of anilines is 2. The first kappa shape index (κ1) is 14.6. The summed E-state index contributed by atoms with van der Waals surface area (Å²) in [6.45, 7) is 0. The third-order valence-electron chi connectivity index (χ3n) is 2.67. The van der Waals surface area contributed by atoms with E-state index in [1.165, 1.54) is 19.4 Å². The molecule has 2 aromatic rings. The molecule has 0 saturated carbocycles. The SMILES string of the molecule is COc1cc(C#N)ccc1Nc1ncc(C(=O)O)cc1Cl. The van der Waals surface area contributed by atoms with Crippen LogP contribution in [0, 0.1) is 11.3 Å². The zero-order chi connectivity index (χ0) is 15.4. The molecule has 0 unspecified atom stereocenters. The third-order valence-corrected chi connectivity index (χ3v) is 2.96. The lowest BCUT2D eigenvalue weighted by Gasteiger charge is -2.12. The summed E-state index contributed by atoms with van der Waals surface area (Å²) in [7, 11) is 1.48. The summed E-state index contributed by atoms with van der Waals surface area (Å²) in [6.07, 6.45) is 1.20. The van der Waals surface area contributed by atoms with Crippen LogP contribution in [0.15, 0.2) is 30.5 Å². The van der Waals surface area contributed by atoms with E-state index >= 15 is 0 Å². The van der Waals surface area contributed by atoms with E-state index < -0.39 is 5.97 Å². The molecule has 21 heavy (non-hydrogen) atoms. The van der Waals surface area contributed by atoms with E-state index in [2.05, 4.69) is 10.3 Å². The monoisotopic (exact) mass is 303 g/mol. The lowest BCUT2D eigenvalue weighted by molar-refractivity contribution is 0.0696. The van der Waals surface area contributed by atoms with Gasteiger partial charge in [0.25, 0.3) is 0 Å². The van der Waals surface area contributed by atoms with Gasteiger partial charge in [-0.3, -0.25) is 0 Å². The van der Waals surface area contributed by atoms with Crippen LogP contribution in [0.25, 0.3) is 0 Å². The maximum Gasteiger partial charge on any atom is 0.337 e. The van der Waals surface area contributed by atoms with Crippen LogP contribution in [0.4, 0.5) is 11.5 Å². The van der Waals surface area contributed by atoms with Crippen molar-refractivity contribution in [2.45, 2.75) is 0 Å². The van der Waals surface area contributed by atoms with Crippen molar-refractivity contribution in [1.29, 1.82) is 5.26 Å². The zero-order valence-corrected chi connectivity index (χ0v) is 11.7. The van der Waals surface area contributed by atoms with Gasteiger partial charge in [-0.2, -0.15) is 5.26 Å². The first-order chi connectivity index (χ1) is 10.0. The van der Waals surface area contributed by atoms with Crippen molar-refractivity contribution in [2.24, 2.45) is 0 Å². The molecule has 0 atom stereocenters. The van der Waals surface area contributed by atoms with Crippen LogP contribution >= 0.6 is 11.6 Å². The van der Waals surface area contributed by atoms with Gasteiger partial charge in [-0.15, -0.1) is 0 Å². The number of carbonyl (C=O) groups is 1. The molecule has 0 aliphatic heterocycles. The van der Waals surface area contributed by atoms with Crippen LogP contribution in [-0.2, 0) is 0 Å². The first-order valence-corrected chi connectivity index (χ1v) is 6.17. The van der Waals surface area contributed by atoms with Crippen LogP contribution in [0.1, 0.15) is 15.9 Å². The number of nitriles is 1. The predicted molar refractivity (Wildman–Crippen MR) is 77.2 cm³/mol. The highest BCUT2D eigenvalue weighted by molar-refractivity contribution is 6.33. The molecule has 0 saturated heterocycles. The third kappa shape index (κ3) is 3.22. The maximum atomic E-state index is 10.8. The molecule has 6 nitrogen and oxygen atoms in total. The molecule has 1 heterocycles. The Morgan fingerprint density at radius 3 is 2.81 bits per heavy atom. The van der Waals surface area contributed by atoms with Gasteiger partial charge in [0, 0.05) is 12.3 Å². The van der Waals surface area contributed by atoms with E-state index in [4.69, 9.17) is 26.7 Å². The number of hydrogen-bond acceptors (Lipinski definition) is 5. The van der Waals surface area contributed by atoms with E-state index in [1.807, 2.05) is 6.07 Å². The standard InChI is InChI=1S/C14H10ClN3O3/c1-21-12-4-8(6-16)2-3-11(12)18-13-10(15)5-9(7-17-13)14(19)20/h2-5,7H,1H3,(H,17,18)(H,19,20). The summed E-state index contributed by atoms with van der Waals surface area (Å²) < 4.78 is 5.18. The van der Waals surface area contributed by atoms with Crippen LogP contribution in [0.3, 0.4) is 0 Å². The number of nitrogens with zero attached hydrogens (tertiary/aromatic N) is 2. The summed E-state index contributed by atoms with van der Waals surface area (Å²) in [5.41, 5.74) is 1.02. The number of halogens is 1. The number of carboxylic acid groups (broad SMARTS) is 1. The molecule has 2 rings (SSSR count). The topological polar surface area (TPSA) is 95.2 Å². The lowest BCUT2D eigenvalue weighted by Crippen LogP contribution is -2.01. The van der Waals surface area contributed by atoms with Crippen molar-refractivity contribution < 1.29 is 14.6 Å². The van der Waals surface area contributed by atoms with Crippen molar-refractivity contribution in [2.75, 3.05) is 12.4 Å². The van der Waals surface area contributed by atoms with Gasteiger partial charge in [0.2, 0.25) is 0 Å². The van der Waals surface area contributed by atoms with Gasteiger partial charge in [0.1, 0.15) is 11.6 Å². The lowest BCUT2D eigenvalue weighted by atomic mass is 10.2. The molecule has 7 heteroatoms. The van der Waals surface area contributed by atoms with Crippen LogP contribution < -0.4 is 10.1 Å². The number of methoxy groups -OCH3 is 1. The quantitative estimate of drug-likeness (QED) is 0.901. The Labute approximate surface area is 125 Å². The first-order valence-electron chi connectivity index (χ1n) is 5.79. The summed E-state index contributed by atoms with van der Waals surface area (Å²) in [4.78, 5) is 14.8. The smallest absolute Gasteiger partial charge is 0.337 e. The van der Waals surface area contributed by atoms with E-state index in [9.17, 15) is 4.79 Å². The number of nitrogens with one attached hydrogen (secondary N) is 1. The molecular weight excluding hydrogens is 294 g/mol. The normalized spacial score (nSPS) is 9.76. The molecule has 1 aromatic heterocycles. The van der Waals surface area contributed by atoms with Gasteiger partial charge in [0.05, 0.1) is 35.0 Å². The summed E-state index contributed by atoms with van der Waals surface area (Å²) in [5.74, 6) is -0.356. The predicted octanol–water partition coefficient (Wildman–Crippen LogP) is 3.06. The fraction of sp³-hybridized carbons (Fsp3) is 0.0714. The van der Waals surface area contributed by atoms with Gasteiger partial charge in [0.15, 0.2) is 0 Å². The molecule has 106 valence electrons. The molecule has 0 bridgehead atoms. The van der Waals surface area contributed by atoms with Crippen molar-refractivity contribution >= 4 is 29.1 Å². The number of ether oxygens (including phenoxy) is 1. The second-order valence-corrected chi connectivity index (χ2v) is 4.42. The highest BCUT2D eigenvalue weighted by Gasteiger charge is 2.11. The van der Waals surface area contributed by atoms with Crippen LogP contribution in [-0.4, -0.2) is 23.2 Å². The van der Waals surface area contributed by atoms with Crippen LogP contribution in [0.5, 0.6) is 5.75 Å². The Morgan fingerprint density at radius 2 is 2.24 bits per heavy atom. The van der Waals surface area contributed by atoms with Crippen molar-refractivity contribution in [1.82, 2.24) is 4.98 Å².